The van der Waals surface area contributed by atoms with Crippen LogP contribution < -0.4 is 4.74 Å². The van der Waals surface area contributed by atoms with Crippen molar-refractivity contribution < 1.29 is 13.9 Å². The standard InChI is InChI=1S/C12H6ClFNO2/c13-9-3-6-11(15-7-9)17-12(16)8-1-4-10(14)5-2-8/h1-6H. The first-order valence-corrected chi connectivity index (χ1v) is 5.05. The monoisotopic (exact) mass is 250 g/mol. The van der Waals surface area contributed by atoms with Crippen LogP contribution in [0.1, 0.15) is 10.4 Å². The quantitative estimate of drug-likeness (QED) is 0.770. The molecule has 0 aliphatic carbocycles. The lowest BCUT2D eigenvalue weighted by molar-refractivity contribution is 0.0727. The highest BCUT2D eigenvalue weighted by atomic mass is 35.5. The van der Waals surface area contributed by atoms with E-state index in [1.165, 1.54) is 36.4 Å². The van der Waals surface area contributed by atoms with E-state index in [1.54, 1.807) is 0 Å². The van der Waals surface area contributed by atoms with E-state index >= 15 is 0 Å². The molecule has 0 aliphatic rings. The molecule has 2 rings (SSSR count). The Bertz CT molecular complexity index is 525. The summed E-state index contributed by atoms with van der Waals surface area (Å²) in [7, 11) is 0. The highest BCUT2D eigenvalue weighted by Gasteiger charge is 2.09. The molecule has 85 valence electrons. The van der Waals surface area contributed by atoms with Crippen LogP contribution in [-0.4, -0.2) is 11.0 Å². The molecule has 0 aliphatic heterocycles. The van der Waals surface area contributed by atoms with Crippen LogP contribution in [0.3, 0.4) is 0 Å². The van der Waals surface area contributed by atoms with Gasteiger partial charge in [-0.3, -0.25) is 0 Å². The summed E-state index contributed by atoms with van der Waals surface area (Å²) < 4.78 is 17.6. The third kappa shape index (κ3) is 3.01. The number of hydrogen-bond donors (Lipinski definition) is 0. The zero-order valence-corrected chi connectivity index (χ0v) is 9.24. The number of nitrogens with zero attached hydrogens (tertiary/aromatic N) is 1. The van der Waals surface area contributed by atoms with Crippen LogP contribution in [0, 0.1) is 12.0 Å². The third-order valence-electron chi connectivity index (χ3n) is 1.92. The van der Waals surface area contributed by atoms with Gasteiger partial charge in [0.2, 0.25) is 5.88 Å². The maximum absolute atomic E-state index is 12.6. The number of ether oxygens (including phenoxy) is 1. The minimum Gasteiger partial charge on any atom is -0.404 e. The Labute approximate surface area is 102 Å². The second-order valence-corrected chi connectivity index (χ2v) is 3.55. The highest BCUT2D eigenvalue weighted by molar-refractivity contribution is 6.30. The Hall–Kier alpha value is -1.94. The molecule has 0 N–H and O–H groups in total. The van der Waals surface area contributed by atoms with Gasteiger partial charge >= 0.3 is 5.97 Å². The number of benzene rings is 1. The number of halogens is 2. The van der Waals surface area contributed by atoms with Crippen molar-refractivity contribution in [3.63, 3.8) is 0 Å². The van der Waals surface area contributed by atoms with Crippen molar-refractivity contribution >= 4 is 17.6 Å². The summed E-state index contributed by atoms with van der Waals surface area (Å²) >= 11 is 5.58. The van der Waals surface area contributed by atoms with E-state index in [0.717, 1.165) is 0 Å². The normalized spacial score (nSPS) is 10.0. The van der Waals surface area contributed by atoms with Gasteiger partial charge in [0.15, 0.2) is 0 Å². The number of carbonyl (C=O) groups is 1. The Morgan fingerprint density at radius 1 is 1.24 bits per heavy atom. The predicted molar refractivity (Wildman–Crippen MR) is 59.4 cm³/mol. The van der Waals surface area contributed by atoms with Crippen LogP contribution in [0.4, 0.5) is 4.39 Å². The molecule has 1 aromatic heterocycles. The predicted octanol–water partition coefficient (Wildman–Crippen LogP) is 2.89. The first kappa shape index (κ1) is 11.5. The number of carbonyl (C=O) groups excluding carboxylic acids is 1. The van der Waals surface area contributed by atoms with Crippen molar-refractivity contribution in [3.8, 4) is 5.88 Å². The molecular weight excluding hydrogens is 245 g/mol. The molecule has 2 aromatic rings. The average Bonchev–Trinajstić information content (AvgIpc) is 2.33. The minimum absolute atomic E-state index is 0.0868. The number of esters is 1. The summed E-state index contributed by atoms with van der Waals surface area (Å²) in [5, 5.41) is 0.326. The first-order valence-electron chi connectivity index (χ1n) is 4.67. The maximum atomic E-state index is 12.6. The van der Waals surface area contributed by atoms with Gasteiger partial charge < -0.3 is 4.74 Å². The van der Waals surface area contributed by atoms with E-state index in [4.69, 9.17) is 16.3 Å². The van der Waals surface area contributed by atoms with Gasteiger partial charge in [0.25, 0.3) is 0 Å². The van der Waals surface area contributed by atoms with Gasteiger partial charge in [0.1, 0.15) is 12.0 Å². The number of rotatable bonds is 2. The molecule has 5 heteroatoms. The van der Waals surface area contributed by atoms with Gasteiger partial charge in [-0.2, -0.15) is 0 Å². The summed E-state index contributed by atoms with van der Waals surface area (Å²) in [6.45, 7) is 0. The molecule has 3 nitrogen and oxygen atoms in total. The largest absolute Gasteiger partial charge is 0.404 e. The Balaban J connectivity index is 2.11. The zero-order chi connectivity index (χ0) is 12.3. The third-order valence-corrected chi connectivity index (χ3v) is 2.13. The Morgan fingerprint density at radius 2 is 1.94 bits per heavy atom. The van der Waals surface area contributed by atoms with Gasteiger partial charge in [0.05, 0.1) is 10.6 Å². The number of aromatic nitrogens is 1. The van der Waals surface area contributed by atoms with Crippen molar-refractivity contribution in [2.24, 2.45) is 0 Å². The lowest BCUT2D eigenvalue weighted by atomic mass is 10.2. The molecule has 0 amide bonds. The van der Waals surface area contributed by atoms with Crippen LogP contribution >= 0.6 is 11.6 Å². The fraction of sp³-hybridized carbons (Fsp3) is 0. The van der Waals surface area contributed by atoms with Gasteiger partial charge in [0, 0.05) is 6.07 Å². The topological polar surface area (TPSA) is 39.2 Å². The Kier molecular flexibility index (Phi) is 3.35. The van der Waals surface area contributed by atoms with E-state index in [2.05, 4.69) is 11.2 Å². The van der Waals surface area contributed by atoms with Crippen molar-refractivity contribution in [1.82, 2.24) is 4.98 Å². The lowest BCUT2D eigenvalue weighted by Gasteiger charge is -2.02. The molecule has 0 unspecified atom stereocenters. The maximum Gasteiger partial charge on any atom is 0.344 e. The van der Waals surface area contributed by atoms with E-state index in [-0.39, 0.29) is 11.4 Å². The molecular formula is C12H6ClFNO2. The van der Waals surface area contributed by atoms with Crippen LogP contribution in [-0.2, 0) is 0 Å². The second-order valence-electron chi connectivity index (χ2n) is 3.14. The van der Waals surface area contributed by atoms with E-state index in [1.807, 2.05) is 0 Å². The molecule has 0 saturated carbocycles. The summed E-state index contributed by atoms with van der Waals surface area (Å²) in [5.41, 5.74) is 0.239. The molecule has 0 bridgehead atoms. The first-order chi connectivity index (χ1) is 8.15. The molecule has 0 atom stereocenters. The van der Waals surface area contributed by atoms with Crippen molar-refractivity contribution in [3.05, 3.63) is 59.0 Å². The van der Waals surface area contributed by atoms with E-state index in [0.29, 0.717) is 5.02 Å². The molecule has 17 heavy (non-hydrogen) atoms. The zero-order valence-electron chi connectivity index (χ0n) is 8.48. The summed E-state index contributed by atoms with van der Waals surface area (Å²) in [6.07, 6.45) is 2.44. The molecule has 0 saturated heterocycles. The summed E-state index contributed by atoms with van der Waals surface area (Å²) in [6, 6.07) is 7.96. The second kappa shape index (κ2) is 4.93. The molecule has 0 fully saturated rings. The van der Waals surface area contributed by atoms with Crippen molar-refractivity contribution in [2.45, 2.75) is 0 Å². The number of hydrogen-bond acceptors (Lipinski definition) is 3. The van der Waals surface area contributed by atoms with Crippen molar-refractivity contribution in [1.29, 1.82) is 0 Å². The fourth-order valence-corrected chi connectivity index (χ4v) is 1.23. The smallest absolute Gasteiger partial charge is 0.344 e. The van der Waals surface area contributed by atoms with Crippen molar-refractivity contribution in [2.75, 3.05) is 0 Å². The minimum atomic E-state index is -0.617. The van der Waals surface area contributed by atoms with Crippen LogP contribution in [0.2, 0.25) is 5.02 Å². The van der Waals surface area contributed by atoms with Crippen LogP contribution in [0.25, 0.3) is 0 Å². The average molecular weight is 251 g/mol. The Morgan fingerprint density at radius 3 is 2.53 bits per heavy atom. The lowest BCUT2D eigenvalue weighted by Crippen LogP contribution is -2.09. The fourth-order valence-electron chi connectivity index (χ4n) is 1.12. The van der Waals surface area contributed by atoms with E-state index in [9.17, 15) is 9.18 Å². The molecule has 1 heterocycles. The van der Waals surface area contributed by atoms with Crippen LogP contribution in [0.15, 0.2) is 36.4 Å². The summed E-state index contributed by atoms with van der Waals surface area (Å²) in [5.74, 6) is -0.948. The molecule has 0 spiro atoms. The number of pyridine rings is 1. The highest BCUT2D eigenvalue weighted by Crippen LogP contribution is 2.13. The van der Waals surface area contributed by atoms with Gasteiger partial charge in [-0.25, -0.2) is 14.2 Å². The SMILES string of the molecule is O=C(Oc1ccc(Cl)[c]n1)c1ccc(F)cc1. The van der Waals surface area contributed by atoms with Gasteiger partial charge in [-0.1, -0.05) is 11.6 Å². The van der Waals surface area contributed by atoms with Gasteiger partial charge in [-0.05, 0) is 30.3 Å². The van der Waals surface area contributed by atoms with Gasteiger partial charge in [-0.15, -0.1) is 0 Å². The van der Waals surface area contributed by atoms with Crippen LogP contribution in [0.5, 0.6) is 5.88 Å². The van der Waals surface area contributed by atoms with E-state index < -0.39 is 11.8 Å². The molecule has 1 radical (unpaired) electrons. The summed E-state index contributed by atoms with van der Waals surface area (Å²) in [4.78, 5) is 15.3. The molecule has 1 aromatic carbocycles.